The molecule has 3 rings (SSSR count). The molecular weight excluding hydrogens is 383 g/mol. The van der Waals surface area contributed by atoms with E-state index >= 15 is 0 Å². The average molecular weight is 397 g/mol. The third kappa shape index (κ3) is 3.71. The van der Waals surface area contributed by atoms with Crippen LogP contribution in [-0.4, -0.2) is 31.5 Å². The third-order valence-electron chi connectivity index (χ3n) is 3.89. The van der Waals surface area contributed by atoms with Gasteiger partial charge in [-0.15, -0.1) is 0 Å². The van der Waals surface area contributed by atoms with Crippen LogP contribution in [0.2, 0.25) is 10.0 Å². The van der Waals surface area contributed by atoms with Crippen LogP contribution in [-0.2, 0) is 23.1 Å². The highest BCUT2D eigenvalue weighted by molar-refractivity contribution is 6.38. The van der Waals surface area contributed by atoms with Crippen LogP contribution in [0, 0.1) is 0 Å². The zero-order valence-corrected chi connectivity index (χ0v) is 15.3. The number of nitrogens with zero attached hydrogens (tertiary/aromatic N) is 4. The first-order chi connectivity index (χ1) is 12.4. The van der Waals surface area contributed by atoms with Gasteiger partial charge in [0.1, 0.15) is 5.76 Å². The Bertz CT molecular complexity index is 977. The Kier molecular flexibility index (Phi) is 5.24. The van der Waals surface area contributed by atoms with E-state index in [0.29, 0.717) is 30.6 Å². The molecule has 0 bridgehead atoms. The molecule has 0 aliphatic heterocycles. The van der Waals surface area contributed by atoms with Crippen LogP contribution in [0.4, 0.5) is 0 Å². The molecule has 0 saturated carbocycles. The van der Waals surface area contributed by atoms with Crippen LogP contribution >= 0.6 is 23.2 Å². The SMILES string of the molecule is Cn1nnn(Cc2c(Cl)ccc(C(=O)OC3=CC(=O)CCC3)c2Cl)c1=O. The lowest BCUT2D eigenvalue weighted by Gasteiger charge is -2.14. The number of ether oxygens (including phenoxy) is 1. The molecule has 1 heterocycles. The number of hydrogen-bond acceptors (Lipinski definition) is 6. The highest BCUT2D eigenvalue weighted by Gasteiger charge is 2.21. The summed E-state index contributed by atoms with van der Waals surface area (Å²) < 4.78 is 7.41. The topological polar surface area (TPSA) is 96.1 Å². The second kappa shape index (κ2) is 7.43. The molecule has 0 spiro atoms. The summed E-state index contributed by atoms with van der Waals surface area (Å²) in [6, 6.07) is 2.92. The summed E-state index contributed by atoms with van der Waals surface area (Å²) in [7, 11) is 1.46. The van der Waals surface area contributed by atoms with Crippen LogP contribution in [0.1, 0.15) is 35.2 Å². The van der Waals surface area contributed by atoms with Gasteiger partial charge < -0.3 is 4.74 Å². The summed E-state index contributed by atoms with van der Waals surface area (Å²) in [5, 5.41) is 7.65. The zero-order valence-electron chi connectivity index (χ0n) is 13.7. The van der Waals surface area contributed by atoms with Gasteiger partial charge >= 0.3 is 11.7 Å². The maximum Gasteiger partial charge on any atom is 0.363 e. The van der Waals surface area contributed by atoms with Gasteiger partial charge in [-0.1, -0.05) is 23.2 Å². The number of carbonyl (C=O) groups excluding carboxylic acids is 2. The van der Waals surface area contributed by atoms with Crippen molar-refractivity contribution in [3.8, 4) is 0 Å². The lowest BCUT2D eigenvalue weighted by atomic mass is 10.1. The van der Waals surface area contributed by atoms with Crippen molar-refractivity contribution in [2.75, 3.05) is 0 Å². The smallest absolute Gasteiger partial charge is 0.363 e. The highest BCUT2D eigenvalue weighted by Crippen LogP contribution is 2.30. The Morgan fingerprint density at radius 1 is 1.23 bits per heavy atom. The van der Waals surface area contributed by atoms with E-state index in [1.807, 2.05) is 0 Å². The van der Waals surface area contributed by atoms with Crippen molar-refractivity contribution < 1.29 is 14.3 Å². The number of benzene rings is 1. The maximum absolute atomic E-state index is 12.4. The van der Waals surface area contributed by atoms with Crippen molar-refractivity contribution in [3.63, 3.8) is 0 Å². The van der Waals surface area contributed by atoms with E-state index in [1.54, 1.807) is 0 Å². The number of esters is 1. The molecular formula is C16H14Cl2N4O4. The van der Waals surface area contributed by atoms with Gasteiger partial charge in [0.05, 0.1) is 17.1 Å². The number of aromatic nitrogens is 4. The summed E-state index contributed by atoms with van der Waals surface area (Å²) in [4.78, 5) is 35.8. The summed E-state index contributed by atoms with van der Waals surface area (Å²) in [6.45, 7) is -0.0490. The normalized spacial score (nSPS) is 14.3. The van der Waals surface area contributed by atoms with Gasteiger partial charge in [-0.2, -0.15) is 9.36 Å². The van der Waals surface area contributed by atoms with Crippen LogP contribution in [0.25, 0.3) is 0 Å². The van der Waals surface area contributed by atoms with Crippen LogP contribution < -0.4 is 5.69 Å². The van der Waals surface area contributed by atoms with E-state index in [1.165, 1.54) is 25.3 Å². The molecule has 26 heavy (non-hydrogen) atoms. The van der Waals surface area contributed by atoms with E-state index in [9.17, 15) is 14.4 Å². The Labute approximate surface area is 157 Å². The Morgan fingerprint density at radius 2 is 2.00 bits per heavy atom. The van der Waals surface area contributed by atoms with Gasteiger partial charge in [0.25, 0.3) is 0 Å². The molecule has 1 aromatic carbocycles. The maximum atomic E-state index is 12.4. The second-order valence-electron chi connectivity index (χ2n) is 5.75. The minimum Gasteiger partial charge on any atom is -0.427 e. The van der Waals surface area contributed by atoms with Gasteiger partial charge in [-0.05, 0) is 29.0 Å². The minimum atomic E-state index is -0.694. The van der Waals surface area contributed by atoms with Crippen molar-refractivity contribution in [1.29, 1.82) is 0 Å². The second-order valence-corrected chi connectivity index (χ2v) is 6.54. The standard InChI is InChI=1S/C16H14Cl2N4O4/c1-21-16(25)22(20-19-21)8-12-13(17)6-5-11(14(12)18)15(24)26-10-4-2-3-9(23)7-10/h5-7H,2-4,8H2,1H3. The number of carbonyl (C=O) groups is 2. The molecule has 0 radical (unpaired) electrons. The van der Waals surface area contributed by atoms with E-state index < -0.39 is 11.7 Å². The molecule has 0 atom stereocenters. The number of aryl methyl sites for hydroxylation is 1. The average Bonchev–Trinajstić information content (AvgIpc) is 2.90. The van der Waals surface area contributed by atoms with Crippen LogP contribution in [0.5, 0.6) is 0 Å². The first kappa shape index (κ1) is 18.3. The van der Waals surface area contributed by atoms with Crippen LogP contribution in [0.3, 0.4) is 0 Å². The Balaban J connectivity index is 1.89. The molecule has 1 aliphatic carbocycles. The summed E-state index contributed by atoms with van der Waals surface area (Å²) in [5.41, 5.74) is -0.0167. The predicted octanol–water partition coefficient (Wildman–Crippen LogP) is 2.13. The van der Waals surface area contributed by atoms with Gasteiger partial charge in [0, 0.05) is 36.6 Å². The fourth-order valence-electron chi connectivity index (χ4n) is 2.52. The molecule has 136 valence electrons. The molecule has 1 aromatic heterocycles. The Hall–Kier alpha value is -2.45. The first-order valence-corrected chi connectivity index (χ1v) is 8.51. The van der Waals surface area contributed by atoms with Crippen LogP contribution in [0.15, 0.2) is 28.8 Å². The lowest BCUT2D eigenvalue weighted by molar-refractivity contribution is -0.115. The van der Waals surface area contributed by atoms with E-state index in [-0.39, 0.29) is 27.9 Å². The van der Waals surface area contributed by atoms with Crippen molar-refractivity contribution in [2.45, 2.75) is 25.8 Å². The molecule has 0 amide bonds. The number of rotatable bonds is 4. The fraction of sp³-hybridized carbons (Fsp3) is 0.312. The number of tetrazole rings is 1. The summed E-state index contributed by atoms with van der Waals surface area (Å²) >= 11 is 12.5. The number of ketones is 1. The molecule has 8 nitrogen and oxygen atoms in total. The highest BCUT2D eigenvalue weighted by atomic mass is 35.5. The largest absolute Gasteiger partial charge is 0.427 e. The third-order valence-corrected chi connectivity index (χ3v) is 4.67. The first-order valence-electron chi connectivity index (χ1n) is 7.76. The number of allylic oxidation sites excluding steroid dienone is 2. The number of hydrogen-bond donors (Lipinski definition) is 0. The van der Waals surface area contributed by atoms with Crippen molar-refractivity contribution >= 4 is 35.0 Å². The minimum absolute atomic E-state index is 0.0490. The molecule has 0 fully saturated rings. The zero-order chi connectivity index (χ0) is 18.8. The molecule has 1 aliphatic rings. The molecule has 0 unspecified atom stereocenters. The molecule has 0 saturated heterocycles. The van der Waals surface area contributed by atoms with Crippen molar-refractivity contribution in [1.82, 2.24) is 19.8 Å². The molecule has 0 N–H and O–H groups in total. The van der Waals surface area contributed by atoms with Gasteiger partial charge in [-0.25, -0.2) is 9.59 Å². The lowest BCUT2D eigenvalue weighted by Crippen LogP contribution is -2.24. The summed E-state index contributed by atoms with van der Waals surface area (Å²) in [5.74, 6) is -0.465. The van der Waals surface area contributed by atoms with E-state index in [2.05, 4.69) is 10.4 Å². The van der Waals surface area contributed by atoms with Crippen molar-refractivity contribution in [3.05, 3.63) is 55.6 Å². The Morgan fingerprint density at radius 3 is 2.65 bits per heavy atom. The van der Waals surface area contributed by atoms with E-state index in [0.717, 1.165) is 9.36 Å². The van der Waals surface area contributed by atoms with Gasteiger partial charge in [-0.3, -0.25) is 4.79 Å². The van der Waals surface area contributed by atoms with E-state index in [4.69, 9.17) is 27.9 Å². The molecule has 2 aromatic rings. The summed E-state index contributed by atoms with van der Waals surface area (Å²) in [6.07, 6.45) is 2.91. The molecule has 10 heteroatoms. The monoisotopic (exact) mass is 396 g/mol. The number of halogens is 2. The van der Waals surface area contributed by atoms with Crippen molar-refractivity contribution in [2.24, 2.45) is 7.05 Å². The van der Waals surface area contributed by atoms with Gasteiger partial charge in [0.15, 0.2) is 5.78 Å². The fourth-order valence-corrected chi connectivity index (χ4v) is 3.08. The quantitative estimate of drug-likeness (QED) is 0.734. The predicted molar refractivity (Wildman–Crippen MR) is 93.2 cm³/mol. The van der Waals surface area contributed by atoms with Gasteiger partial charge in [0.2, 0.25) is 0 Å².